The van der Waals surface area contributed by atoms with E-state index in [9.17, 15) is 9.18 Å². The molecule has 1 aliphatic rings. The van der Waals surface area contributed by atoms with Crippen LogP contribution < -0.4 is 0 Å². The molecule has 0 atom stereocenters. The Hall–Kier alpha value is -2.66. The molecule has 0 fully saturated rings. The zero-order chi connectivity index (χ0) is 17.4. The van der Waals surface area contributed by atoms with Crippen molar-refractivity contribution in [3.8, 4) is 11.3 Å². The van der Waals surface area contributed by atoms with Crippen molar-refractivity contribution in [2.45, 2.75) is 13.0 Å². The van der Waals surface area contributed by atoms with E-state index in [1.165, 1.54) is 12.1 Å². The lowest BCUT2D eigenvalue weighted by Gasteiger charge is -2.27. The zero-order valence-corrected chi connectivity index (χ0v) is 14.1. The number of aromatic nitrogens is 2. The van der Waals surface area contributed by atoms with Crippen molar-refractivity contribution >= 4 is 17.5 Å². The number of amides is 1. The van der Waals surface area contributed by atoms with E-state index >= 15 is 0 Å². The van der Waals surface area contributed by atoms with Gasteiger partial charge in [0.1, 0.15) is 5.82 Å². The van der Waals surface area contributed by atoms with Crippen LogP contribution in [0.25, 0.3) is 11.3 Å². The summed E-state index contributed by atoms with van der Waals surface area (Å²) >= 11 is 5.95. The summed E-state index contributed by atoms with van der Waals surface area (Å²) in [7, 11) is 0. The molecule has 4 nitrogen and oxygen atoms in total. The van der Waals surface area contributed by atoms with Gasteiger partial charge in [0.15, 0.2) is 0 Å². The summed E-state index contributed by atoms with van der Waals surface area (Å²) in [6, 6.07) is 13.2. The SMILES string of the molecule is O=C(c1cccc(F)c1)N1CCc2[nH]nc(-c3ccc(Cl)cc3)c2C1. The van der Waals surface area contributed by atoms with E-state index in [0.29, 0.717) is 30.1 Å². The average molecular weight is 356 g/mol. The monoisotopic (exact) mass is 355 g/mol. The number of benzene rings is 2. The third-order valence-electron chi connectivity index (χ3n) is 4.41. The Balaban J connectivity index is 1.63. The van der Waals surface area contributed by atoms with Crippen LogP contribution in [0.4, 0.5) is 4.39 Å². The van der Waals surface area contributed by atoms with Crippen molar-refractivity contribution in [1.29, 1.82) is 0 Å². The van der Waals surface area contributed by atoms with E-state index in [2.05, 4.69) is 10.2 Å². The van der Waals surface area contributed by atoms with Crippen LogP contribution in [0.3, 0.4) is 0 Å². The smallest absolute Gasteiger partial charge is 0.254 e. The minimum Gasteiger partial charge on any atom is -0.334 e. The van der Waals surface area contributed by atoms with Crippen LogP contribution in [0.2, 0.25) is 5.02 Å². The van der Waals surface area contributed by atoms with Gasteiger partial charge < -0.3 is 4.90 Å². The van der Waals surface area contributed by atoms with Crippen LogP contribution in [-0.2, 0) is 13.0 Å². The average Bonchev–Trinajstić information content (AvgIpc) is 3.05. The first-order chi connectivity index (χ1) is 12.1. The highest BCUT2D eigenvalue weighted by molar-refractivity contribution is 6.30. The molecule has 0 aliphatic carbocycles. The van der Waals surface area contributed by atoms with E-state index in [1.807, 2.05) is 24.3 Å². The topological polar surface area (TPSA) is 49.0 Å². The second-order valence-electron chi connectivity index (χ2n) is 6.02. The molecule has 0 saturated heterocycles. The predicted octanol–water partition coefficient (Wildman–Crippen LogP) is 4.07. The van der Waals surface area contributed by atoms with Crippen LogP contribution in [0.5, 0.6) is 0 Å². The number of halogens is 2. The molecule has 25 heavy (non-hydrogen) atoms. The highest BCUT2D eigenvalue weighted by Gasteiger charge is 2.26. The van der Waals surface area contributed by atoms with Gasteiger partial charge in [0, 0.05) is 46.9 Å². The Morgan fingerprint density at radius 1 is 1.20 bits per heavy atom. The molecular weight excluding hydrogens is 341 g/mol. The van der Waals surface area contributed by atoms with E-state index in [-0.39, 0.29) is 5.91 Å². The van der Waals surface area contributed by atoms with E-state index in [0.717, 1.165) is 22.5 Å². The molecule has 6 heteroatoms. The molecule has 1 aromatic heterocycles. The number of fused-ring (bicyclic) bond motifs is 1. The van der Waals surface area contributed by atoms with Crippen molar-refractivity contribution in [1.82, 2.24) is 15.1 Å². The minimum atomic E-state index is -0.409. The Kier molecular flexibility index (Phi) is 4.01. The minimum absolute atomic E-state index is 0.173. The Morgan fingerprint density at radius 2 is 2.00 bits per heavy atom. The van der Waals surface area contributed by atoms with Gasteiger partial charge in [0.25, 0.3) is 5.91 Å². The summed E-state index contributed by atoms with van der Waals surface area (Å²) in [5.41, 5.74) is 4.16. The fourth-order valence-corrected chi connectivity index (χ4v) is 3.25. The molecule has 3 aromatic rings. The van der Waals surface area contributed by atoms with Crippen LogP contribution in [0.15, 0.2) is 48.5 Å². The molecule has 0 saturated carbocycles. The van der Waals surface area contributed by atoms with Gasteiger partial charge in [-0.15, -0.1) is 0 Å². The number of hydrogen-bond donors (Lipinski definition) is 1. The molecule has 2 heterocycles. The van der Waals surface area contributed by atoms with Crippen molar-refractivity contribution in [2.24, 2.45) is 0 Å². The molecule has 1 N–H and O–H groups in total. The lowest BCUT2D eigenvalue weighted by molar-refractivity contribution is 0.0734. The Morgan fingerprint density at radius 3 is 2.76 bits per heavy atom. The molecule has 2 aromatic carbocycles. The molecule has 1 aliphatic heterocycles. The van der Waals surface area contributed by atoms with E-state index in [1.54, 1.807) is 17.0 Å². The summed E-state index contributed by atoms with van der Waals surface area (Å²) in [5, 5.41) is 8.14. The molecule has 126 valence electrons. The van der Waals surface area contributed by atoms with Gasteiger partial charge in [-0.1, -0.05) is 29.8 Å². The van der Waals surface area contributed by atoms with Gasteiger partial charge in [0.05, 0.1) is 5.69 Å². The van der Waals surface area contributed by atoms with Crippen LogP contribution in [0.1, 0.15) is 21.6 Å². The molecule has 4 rings (SSSR count). The first kappa shape index (κ1) is 15.8. The summed E-state index contributed by atoms with van der Waals surface area (Å²) < 4.78 is 13.4. The largest absolute Gasteiger partial charge is 0.334 e. The highest BCUT2D eigenvalue weighted by atomic mass is 35.5. The fourth-order valence-electron chi connectivity index (χ4n) is 3.12. The van der Waals surface area contributed by atoms with Crippen LogP contribution >= 0.6 is 11.6 Å². The second kappa shape index (κ2) is 6.33. The second-order valence-corrected chi connectivity index (χ2v) is 6.46. The van der Waals surface area contributed by atoms with Crippen LogP contribution in [0, 0.1) is 5.82 Å². The predicted molar refractivity (Wildman–Crippen MR) is 93.9 cm³/mol. The number of rotatable bonds is 2. The van der Waals surface area contributed by atoms with Gasteiger partial charge in [0.2, 0.25) is 0 Å². The highest BCUT2D eigenvalue weighted by Crippen LogP contribution is 2.29. The zero-order valence-electron chi connectivity index (χ0n) is 13.3. The number of aromatic amines is 1. The number of hydrogen-bond acceptors (Lipinski definition) is 2. The maximum absolute atomic E-state index is 13.4. The molecule has 0 spiro atoms. The molecular formula is C19H15ClFN3O. The van der Waals surface area contributed by atoms with E-state index in [4.69, 9.17) is 11.6 Å². The standard InChI is InChI=1S/C19H15ClFN3O/c20-14-6-4-12(5-7-14)18-16-11-24(9-8-17(16)22-23-18)19(25)13-2-1-3-15(21)10-13/h1-7,10H,8-9,11H2,(H,22,23). The molecule has 0 bridgehead atoms. The lowest BCUT2D eigenvalue weighted by atomic mass is 10.0. The Labute approximate surface area is 149 Å². The van der Waals surface area contributed by atoms with E-state index < -0.39 is 5.82 Å². The maximum atomic E-state index is 13.4. The fraction of sp³-hybridized carbons (Fsp3) is 0.158. The van der Waals surface area contributed by atoms with Crippen molar-refractivity contribution < 1.29 is 9.18 Å². The lowest BCUT2D eigenvalue weighted by Crippen LogP contribution is -2.36. The third-order valence-corrected chi connectivity index (χ3v) is 4.66. The van der Waals surface area contributed by atoms with Gasteiger partial charge in [-0.3, -0.25) is 9.89 Å². The number of H-pyrrole nitrogens is 1. The number of carbonyl (C=O) groups excluding carboxylic acids is 1. The van der Waals surface area contributed by atoms with Crippen molar-refractivity contribution in [3.05, 3.63) is 76.2 Å². The van der Waals surface area contributed by atoms with Crippen molar-refractivity contribution in [2.75, 3.05) is 6.54 Å². The molecule has 1 amide bonds. The summed E-state index contributed by atoms with van der Waals surface area (Å²) in [4.78, 5) is 14.4. The third kappa shape index (κ3) is 3.03. The first-order valence-corrected chi connectivity index (χ1v) is 8.36. The quantitative estimate of drug-likeness (QED) is 0.753. The summed E-state index contributed by atoms with van der Waals surface area (Å²) in [6.07, 6.45) is 0.691. The van der Waals surface area contributed by atoms with Gasteiger partial charge >= 0.3 is 0 Å². The summed E-state index contributed by atoms with van der Waals surface area (Å²) in [6.45, 7) is 1.02. The van der Waals surface area contributed by atoms with Crippen LogP contribution in [-0.4, -0.2) is 27.5 Å². The normalized spacial score (nSPS) is 13.6. The summed E-state index contributed by atoms with van der Waals surface area (Å²) in [5.74, 6) is -0.581. The van der Waals surface area contributed by atoms with Crippen molar-refractivity contribution in [3.63, 3.8) is 0 Å². The maximum Gasteiger partial charge on any atom is 0.254 e. The number of nitrogens with zero attached hydrogens (tertiary/aromatic N) is 2. The molecule has 0 radical (unpaired) electrons. The molecule has 0 unspecified atom stereocenters. The van der Waals surface area contributed by atoms with Gasteiger partial charge in [-0.2, -0.15) is 5.10 Å². The van der Waals surface area contributed by atoms with Gasteiger partial charge in [-0.05, 0) is 30.3 Å². The number of nitrogens with one attached hydrogen (secondary N) is 1. The Bertz CT molecular complexity index is 936. The first-order valence-electron chi connectivity index (χ1n) is 7.99. The number of carbonyl (C=O) groups is 1. The van der Waals surface area contributed by atoms with Gasteiger partial charge in [-0.25, -0.2) is 4.39 Å².